The molecule has 1 N–H and O–H groups in total. The van der Waals surface area contributed by atoms with E-state index < -0.39 is 6.10 Å². The summed E-state index contributed by atoms with van der Waals surface area (Å²) in [7, 11) is 0. The number of aliphatic hydroxyl groups excluding tert-OH is 1. The standard InChI is InChI=1S/C22H35NO2/c1-16(2)21-9-8-17(3)12-22(21)25-15-20(24)14-23-11-10-18-6-4-5-7-19(18)13-23/h4-7,16-17,20-22,24H,8-15H2,1-3H3/t17-,20+,21-,22+/m0/s1. The van der Waals surface area contributed by atoms with Gasteiger partial charge < -0.3 is 9.84 Å². The topological polar surface area (TPSA) is 32.7 Å². The first-order valence-electron chi connectivity index (χ1n) is 10.1. The van der Waals surface area contributed by atoms with E-state index >= 15 is 0 Å². The van der Waals surface area contributed by atoms with Gasteiger partial charge in [-0.3, -0.25) is 4.90 Å². The third-order valence-corrected chi connectivity index (χ3v) is 6.14. The maximum Gasteiger partial charge on any atom is 0.0900 e. The van der Waals surface area contributed by atoms with Crippen LogP contribution in [0, 0.1) is 17.8 Å². The molecular formula is C22H35NO2. The monoisotopic (exact) mass is 345 g/mol. The fraction of sp³-hybridized carbons (Fsp3) is 0.727. The predicted molar refractivity (Wildman–Crippen MR) is 103 cm³/mol. The number of β-amino-alcohol motifs (C(OH)–C–C–N with tert-alkyl or cyclic N) is 1. The summed E-state index contributed by atoms with van der Waals surface area (Å²) in [6.45, 7) is 10.1. The number of hydrogen-bond acceptors (Lipinski definition) is 3. The van der Waals surface area contributed by atoms with Gasteiger partial charge in [0.1, 0.15) is 0 Å². The minimum absolute atomic E-state index is 0.320. The van der Waals surface area contributed by atoms with Crippen LogP contribution in [0.25, 0.3) is 0 Å². The Balaban J connectivity index is 1.47. The molecule has 1 saturated carbocycles. The lowest BCUT2D eigenvalue weighted by Gasteiger charge is -2.38. The number of aliphatic hydroxyl groups is 1. The van der Waals surface area contributed by atoms with Crippen molar-refractivity contribution < 1.29 is 9.84 Å². The molecule has 1 heterocycles. The normalized spacial score (nSPS) is 28.8. The van der Waals surface area contributed by atoms with E-state index in [1.54, 1.807) is 0 Å². The van der Waals surface area contributed by atoms with Crippen LogP contribution in [0.4, 0.5) is 0 Å². The number of ether oxygens (including phenoxy) is 1. The Morgan fingerprint density at radius 3 is 2.72 bits per heavy atom. The van der Waals surface area contributed by atoms with Gasteiger partial charge in [0.05, 0.1) is 18.8 Å². The van der Waals surface area contributed by atoms with E-state index in [1.165, 1.54) is 24.0 Å². The molecule has 3 nitrogen and oxygen atoms in total. The van der Waals surface area contributed by atoms with Crippen molar-refractivity contribution >= 4 is 0 Å². The van der Waals surface area contributed by atoms with E-state index in [0.29, 0.717) is 31.1 Å². The van der Waals surface area contributed by atoms with Crippen LogP contribution < -0.4 is 0 Å². The minimum Gasteiger partial charge on any atom is -0.389 e. The van der Waals surface area contributed by atoms with Gasteiger partial charge in [0.25, 0.3) is 0 Å². The van der Waals surface area contributed by atoms with Gasteiger partial charge in [0, 0.05) is 19.6 Å². The highest BCUT2D eigenvalue weighted by molar-refractivity contribution is 5.29. The summed E-state index contributed by atoms with van der Waals surface area (Å²) in [4.78, 5) is 2.36. The van der Waals surface area contributed by atoms with Crippen molar-refractivity contribution in [3.8, 4) is 0 Å². The van der Waals surface area contributed by atoms with Crippen molar-refractivity contribution in [2.24, 2.45) is 17.8 Å². The maximum absolute atomic E-state index is 10.5. The SMILES string of the molecule is CC(C)[C@@H]1CC[C@H](C)C[C@H]1OC[C@H](O)CN1CCc2ccccc2C1. The highest BCUT2D eigenvalue weighted by Crippen LogP contribution is 2.35. The zero-order chi connectivity index (χ0) is 17.8. The average molecular weight is 346 g/mol. The van der Waals surface area contributed by atoms with Gasteiger partial charge in [-0.15, -0.1) is 0 Å². The number of rotatable bonds is 6. The molecular weight excluding hydrogens is 310 g/mol. The lowest BCUT2D eigenvalue weighted by molar-refractivity contribution is -0.0744. The second kappa shape index (κ2) is 8.66. The van der Waals surface area contributed by atoms with Gasteiger partial charge in [0.15, 0.2) is 0 Å². The van der Waals surface area contributed by atoms with Crippen LogP contribution in [-0.2, 0) is 17.7 Å². The van der Waals surface area contributed by atoms with E-state index in [1.807, 2.05) is 0 Å². The lowest BCUT2D eigenvalue weighted by Crippen LogP contribution is -2.41. The molecule has 1 aliphatic heterocycles. The molecule has 1 fully saturated rings. The molecule has 1 aliphatic carbocycles. The Morgan fingerprint density at radius 2 is 1.96 bits per heavy atom. The Morgan fingerprint density at radius 1 is 1.20 bits per heavy atom. The minimum atomic E-state index is -0.393. The van der Waals surface area contributed by atoms with Crippen molar-refractivity contribution in [2.45, 2.75) is 65.2 Å². The second-order valence-corrected chi connectivity index (χ2v) is 8.61. The van der Waals surface area contributed by atoms with Crippen molar-refractivity contribution in [3.05, 3.63) is 35.4 Å². The van der Waals surface area contributed by atoms with Crippen molar-refractivity contribution in [1.29, 1.82) is 0 Å². The predicted octanol–water partition coefficient (Wildman–Crippen LogP) is 3.88. The molecule has 0 unspecified atom stereocenters. The highest BCUT2D eigenvalue weighted by Gasteiger charge is 2.32. The van der Waals surface area contributed by atoms with Gasteiger partial charge in [-0.1, -0.05) is 51.5 Å². The molecule has 1 aromatic rings. The third kappa shape index (κ3) is 5.06. The smallest absolute Gasteiger partial charge is 0.0900 e. The summed E-state index contributed by atoms with van der Waals surface area (Å²) >= 11 is 0. The zero-order valence-corrected chi connectivity index (χ0v) is 16.2. The van der Waals surface area contributed by atoms with E-state index in [4.69, 9.17) is 4.74 Å². The summed E-state index contributed by atoms with van der Waals surface area (Å²) in [5, 5.41) is 10.5. The fourth-order valence-electron chi connectivity index (χ4n) is 4.60. The number of nitrogens with zero attached hydrogens (tertiary/aromatic N) is 1. The molecule has 0 spiro atoms. The van der Waals surface area contributed by atoms with Gasteiger partial charge >= 0.3 is 0 Å². The number of benzene rings is 1. The Kier molecular flexibility index (Phi) is 6.54. The third-order valence-electron chi connectivity index (χ3n) is 6.14. The molecule has 3 heteroatoms. The van der Waals surface area contributed by atoms with Crippen LogP contribution in [0.2, 0.25) is 0 Å². The molecule has 0 amide bonds. The number of hydrogen-bond donors (Lipinski definition) is 1. The van der Waals surface area contributed by atoms with Crippen LogP contribution >= 0.6 is 0 Å². The van der Waals surface area contributed by atoms with Crippen LogP contribution in [0.5, 0.6) is 0 Å². The van der Waals surface area contributed by atoms with Gasteiger partial charge in [-0.2, -0.15) is 0 Å². The quantitative estimate of drug-likeness (QED) is 0.849. The molecule has 2 aliphatic rings. The van der Waals surface area contributed by atoms with Crippen molar-refractivity contribution in [3.63, 3.8) is 0 Å². The number of fused-ring (bicyclic) bond motifs is 1. The summed E-state index contributed by atoms with van der Waals surface area (Å²) in [5.74, 6) is 2.05. The Bertz CT molecular complexity index is 545. The van der Waals surface area contributed by atoms with Gasteiger partial charge in [0.2, 0.25) is 0 Å². The summed E-state index contributed by atoms with van der Waals surface area (Å²) in [6, 6.07) is 8.66. The first-order chi connectivity index (χ1) is 12.0. The molecule has 140 valence electrons. The first-order valence-corrected chi connectivity index (χ1v) is 10.1. The fourth-order valence-corrected chi connectivity index (χ4v) is 4.60. The molecule has 25 heavy (non-hydrogen) atoms. The van der Waals surface area contributed by atoms with Crippen molar-refractivity contribution in [2.75, 3.05) is 19.7 Å². The maximum atomic E-state index is 10.5. The molecule has 0 bridgehead atoms. The van der Waals surface area contributed by atoms with E-state index in [9.17, 15) is 5.11 Å². The van der Waals surface area contributed by atoms with Crippen LogP contribution in [0.1, 0.15) is 51.2 Å². The molecule has 0 aromatic heterocycles. The molecule has 0 saturated heterocycles. The van der Waals surface area contributed by atoms with E-state index in [0.717, 1.165) is 31.8 Å². The average Bonchev–Trinajstić information content (AvgIpc) is 2.59. The van der Waals surface area contributed by atoms with Crippen LogP contribution in [0.3, 0.4) is 0 Å². The van der Waals surface area contributed by atoms with E-state index in [2.05, 4.69) is 49.9 Å². The van der Waals surface area contributed by atoms with Crippen molar-refractivity contribution in [1.82, 2.24) is 4.90 Å². The summed E-state index contributed by atoms with van der Waals surface area (Å²) in [6.07, 6.45) is 4.74. The summed E-state index contributed by atoms with van der Waals surface area (Å²) in [5.41, 5.74) is 2.86. The van der Waals surface area contributed by atoms with Crippen LogP contribution in [0.15, 0.2) is 24.3 Å². The van der Waals surface area contributed by atoms with Gasteiger partial charge in [-0.25, -0.2) is 0 Å². The van der Waals surface area contributed by atoms with Crippen LogP contribution in [-0.4, -0.2) is 41.9 Å². The summed E-state index contributed by atoms with van der Waals surface area (Å²) < 4.78 is 6.22. The zero-order valence-electron chi connectivity index (χ0n) is 16.2. The van der Waals surface area contributed by atoms with Gasteiger partial charge in [-0.05, 0) is 48.1 Å². The molecule has 1 aromatic carbocycles. The Hall–Kier alpha value is -0.900. The molecule has 3 rings (SSSR count). The lowest BCUT2D eigenvalue weighted by atomic mass is 9.75. The molecule has 4 atom stereocenters. The highest BCUT2D eigenvalue weighted by atomic mass is 16.5. The Labute approximate surface area is 153 Å². The van der Waals surface area contributed by atoms with E-state index in [-0.39, 0.29) is 0 Å². The second-order valence-electron chi connectivity index (χ2n) is 8.61. The largest absolute Gasteiger partial charge is 0.389 e. The molecule has 0 radical (unpaired) electrons. The first kappa shape index (κ1) is 18.9.